The lowest BCUT2D eigenvalue weighted by molar-refractivity contribution is -0.114. The number of benzene rings is 1. The van der Waals surface area contributed by atoms with Gasteiger partial charge in [0.2, 0.25) is 5.91 Å². The number of nitrogens with one attached hydrogen (secondary N) is 1. The normalized spacial score (nSPS) is 10.4. The van der Waals surface area contributed by atoms with E-state index in [4.69, 9.17) is 16.3 Å². The zero-order chi connectivity index (χ0) is 19.4. The van der Waals surface area contributed by atoms with Crippen molar-refractivity contribution < 1.29 is 27.8 Å². The second kappa shape index (κ2) is 8.09. The second-order valence-corrected chi connectivity index (χ2v) is 5.44. The lowest BCUT2D eigenvalue weighted by atomic mass is 10.1. The van der Waals surface area contributed by atoms with Gasteiger partial charge in [-0.2, -0.15) is 0 Å². The number of halogens is 3. The molecule has 0 bridgehead atoms. The average Bonchev–Trinajstić information content (AvgIpc) is 2.59. The number of ether oxygens (including phenoxy) is 2. The fourth-order valence-electron chi connectivity index (χ4n) is 2.19. The summed E-state index contributed by atoms with van der Waals surface area (Å²) in [5, 5.41) is 2.26. The molecule has 0 saturated heterocycles. The topological polar surface area (TPSA) is 77.5 Å². The molecule has 0 saturated carbocycles. The minimum Gasteiger partial charge on any atom is -0.488 e. The van der Waals surface area contributed by atoms with Crippen LogP contribution in [0.3, 0.4) is 0 Å². The molecule has 2 aromatic rings. The van der Waals surface area contributed by atoms with Crippen LogP contribution in [0, 0.1) is 11.6 Å². The monoisotopic (exact) mass is 384 g/mol. The Morgan fingerprint density at radius 1 is 1.31 bits per heavy atom. The predicted molar refractivity (Wildman–Crippen MR) is 91.4 cm³/mol. The summed E-state index contributed by atoms with van der Waals surface area (Å²) >= 11 is 6.08. The molecule has 2 rings (SSSR count). The van der Waals surface area contributed by atoms with Gasteiger partial charge in [-0.1, -0.05) is 11.6 Å². The van der Waals surface area contributed by atoms with Crippen LogP contribution in [0.5, 0.6) is 5.75 Å². The van der Waals surface area contributed by atoms with Crippen LogP contribution >= 0.6 is 11.6 Å². The van der Waals surface area contributed by atoms with E-state index >= 15 is 0 Å². The highest BCUT2D eigenvalue weighted by molar-refractivity contribution is 6.36. The standard InChI is InChI=1S/C17H15ClF2N2O4/c1-4-26-16-10(19)6-5-9(14(16)20)11-7-12(21-8(2)23)13(18)15(22-11)17(24)25-3/h5-7H,4H2,1-3H3,(H,21,22,23). The Bertz CT molecular complexity index is 874. The molecular formula is C17H15ClF2N2O4. The summed E-state index contributed by atoms with van der Waals surface area (Å²) < 4.78 is 38.0. The summed E-state index contributed by atoms with van der Waals surface area (Å²) in [5.74, 6) is -3.78. The lowest BCUT2D eigenvalue weighted by Crippen LogP contribution is -2.12. The molecular weight excluding hydrogens is 370 g/mol. The second-order valence-electron chi connectivity index (χ2n) is 5.06. The maximum Gasteiger partial charge on any atom is 0.358 e. The van der Waals surface area contributed by atoms with Crippen molar-refractivity contribution in [3.63, 3.8) is 0 Å². The fourth-order valence-corrected chi connectivity index (χ4v) is 2.41. The van der Waals surface area contributed by atoms with Crippen LogP contribution in [-0.4, -0.2) is 30.6 Å². The molecule has 0 aliphatic heterocycles. The van der Waals surface area contributed by atoms with Gasteiger partial charge < -0.3 is 14.8 Å². The highest BCUT2D eigenvalue weighted by atomic mass is 35.5. The Labute approximate surface area is 153 Å². The highest BCUT2D eigenvalue weighted by Crippen LogP contribution is 2.35. The fraction of sp³-hybridized carbons (Fsp3) is 0.235. The SMILES string of the molecule is CCOc1c(F)ccc(-c2cc(NC(C)=O)c(Cl)c(C(=O)OC)n2)c1F. The smallest absolute Gasteiger partial charge is 0.358 e. The largest absolute Gasteiger partial charge is 0.488 e. The van der Waals surface area contributed by atoms with Crippen molar-refractivity contribution in [2.75, 3.05) is 19.0 Å². The molecule has 6 nitrogen and oxygen atoms in total. The van der Waals surface area contributed by atoms with Gasteiger partial charge in [-0.15, -0.1) is 0 Å². The molecule has 1 amide bonds. The molecule has 0 fully saturated rings. The molecule has 26 heavy (non-hydrogen) atoms. The van der Waals surface area contributed by atoms with E-state index in [1.165, 1.54) is 13.0 Å². The Balaban J connectivity index is 2.71. The Hall–Kier alpha value is -2.74. The van der Waals surface area contributed by atoms with Crippen molar-refractivity contribution in [2.45, 2.75) is 13.8 Å². The van der Waals surface area contributed by atoms with Crippen molar-refractivity contribution in [1.29, 1.82) is 0 Å². The van der Waals surface area contributed by atoms with Crippen molar-refractivity contribution in [1.82, 2.24) is 4.98 Å². The van der Waals surface area contributed by atoms with Gasteiger partial charge in [0, 0.05) is 12.5 Å². The van der Waals surface area contributed by atoms with E-state index in [0.717, 1.165) is 19.2 Å². The summed E-state index contributed by atoms with van der Waals surface area (Å²) in [7, 11) is 1.12. The van der Waals surface area contributed by atoms with Gasteiger partial charge in [0.1, 0.15) is 0 Å². The zero-order valence-corrected chi connectivity index (χ0v) is 14.9. The van der Waals surface area contributed by atoms with Crippen LogP contribution < -0.4 is 10.1 Å². The maximum absolute atomic E-state index is 14.7. The number of aromatic nitrogens is 1. The lowest BCUT2D eigenvalue weighted by Gasteiger charge is -2.13. The number of carbonyl (C=O) groups excluding carboxylic acids is 2. The summed E-state index contributed by atoms with van der Waals surface area (Å²) in [5.41, 5.74) is -0.483. The number of nitrogens with zero attached hydrogens (tertiary/aromatic N) is 1. The van der Waals surface area contributed by atoms with E-state index in [1.54, 1.807) is 6.92 Å². The number of pyridine rings is 1. The van der Waals surface area contributed by atoms with Gasteiger partial charge in [0.25, 0.3) is 0 Å². The summed E-state index contributed by atoms with van der Waals surface area (Å²) in [6.45, 7) is 2.87. The number of esters is 1. The minimum atomic E-state index is -0.994. The number of carbonyl (C=O) groups is 2. The van der Waals surface area contributed by atoms with Crippen molar-refractivity contribution >= 4 is 29.2 Å². The van der Waals surface area contributed by atoms with Crippen molar-refractivity contribution in [2.24, 2.45) is 0 Å². The van der Waals surface area contributed by atoms with Crippen LogP contribution in [0.4, 0.5) is 14.5 Å². The first-order valence-corrected chi connectivity index (χ1v) is 7.85. The number of hydrogen-bond acceptors (Lipinski definition) is 5. The third-order valence-electron chi connectivity index (χ3n) is 3.26. The molecule has 0 spiro atoms. The molecule has 1 heterocycles. The van der Waals surface area contributed by atoms with Gasteiger partial charge in [0.05, 0.1) is 30.1 Å². The summed E-state index contributed by atoms with van der Waals surface area (Å²) in [4.78, 5) is 27.3. The molecule has 9 heteroatoms. The summed E-state index contributed by atoms with van der Waals surface area (Å²) in [6.07, 6.45) is 0. The zero-order valence-electron chi connectivity index (χ0n) is 14.2. The molecule has 0 aliphatic rings. The first-order valence-electron chi connectivity index (χ1n) is 7.47. The van der Waals surface area contributed by atoms with Gasteiger partial charge >= 0.3 is 5.97 Å². The Morgan fingerprint density at radius 2 is 2.00 bits per heavy atom. The van der Waals surface area contributed by atoms with E-state index in [0.29, 0.717) is 0 Å². The van der Waals surface area contributed by atoms with E-state index in [2.05, 4.69) is 15.0 Å². The summed E-state index contributed by atoms with van der Waals surface area (Å²) in [6, 6.07) is 3.42. The van der Waals surface area contributed by atoms with Crippen LogP contribution in [0.15, 0.2) is 18.2 Å². The van der Waals surface area contributed by atoms with Crippen LogP contribution in [0.1, 0.15) is 24.3 Å². The maximum atomic E-state index is 14.7. The first-order chi connectivity index (χ1) is 12.3. The third kappa shape index (κ3) is 3.91. The molecule has 0 atom stereocenters. The number of amides is 1. The molecule has 138 valence electrons. The van der Waals surface area contributed by atoms with E-state index < -0.39 is 29.3 Å². The van der Waals surface area contributed by atoms with Crippen molar-refractivity contribution in [3.05, 3.63) is 40.6 Å². The van der Waals surface area contributed by atoms with Crippen LogP contribution in [-0.2, 0) is 9.53 Å². The first kappa shape index (κ1) is 19.6. The van der Waals surface area contributed by atoms with Gasteiger partial charge in [-0.3, -0.25) is 4.79 Å². The molecule has 0 radical (unpaired) electrons. The molecule has 0 aliphatic carbocycles. The Morgan fingerprint density at radius 3 is 2.58 bits per heavy atom. The quantitative estimate of drug-likeness (QED) is 0.793. The number of methoxy groups -OCH3 is 1. The highest BCUT2D eigenvalue weighted by Gasteiger charge is 2.23. The minimum absolute atomic E-state index is 0.0336. The number of rotatable bonds is 5. The Kier molecular flexibility index (Phi) is 6.10. The van der Waals surface area contributed by atoms with Crippen LogP contribution in [0.25, 0.3) is 11.3 Å². The van der Waals surface area contributed by atoms with Crippen LogP contribution in [0.2, 0.25) is 5.02 Å². The molecule has 1 aromatic heterocycles. The number of anilines is 1. The van der Waals surface area contributed by atoms with Crippen molar-refractivity contribution in [3.8, 4) is 17.0 Å². The predicted octanol–water partition coefficient (Wildman–Crippen LogP) is 3.82. The molecule has 1 aromatic carbocycles. The average molecular weight is 385 g/mol. The van der Waals surface area contributed by atoms with Gasteiger partial charge in [0.15, 0.2) is 23.1 Å². The van der Waals surface area contributed by atoms with Gasteiger partial charge in [-0.05, 0) is 25.1 Å². The van der Waals surface area contributed by atoms with E-state index in [1.807, 2.05) is 0 Å². The van der Waals surface area contributed by atoms with Gasteiger partial charge in [-0.25, -0.2) is 18.6 Å². The molecule has 0 unspecified atom stereocenters. The third-order valence-corrected chi connectivity index (χ3v) is 3.64. The van der Waals surface area contributed by atoms with E-state index in [9.17, 15) is 18.4 Å². The number of hydrogen-bond donors (Lipinski definition) is 1. The molecule has 1 N–H and O–H groups in total. The van der Waals surface area contributed by atoms with E-state index in [-0.39, 0.29) is 34.3 Å².